The van der Waals surface area contributed by atoms with Crippen LogP contribution in [-0.2, 0) is 25.5 Å². The van der Waals surface area contributed by atoms with Crippen molar-refractivity contribution in [1.82, 2.24) is 5.32 Å². The normalized spacial score (nSPS) is 30.7. The average Bonchev–Trinajstić information content (AvgIpc) is 2.67. The van der Waals surface area contributed by atoms with Crippen molar-refractivity contribution < 1.29 is 43.9 Å². The molecule has 2 aliphatic carbocycles. The van der Waals surface area contributed by atoms with Gasteiger partial charge in [-0.15, -0.1) is 0 Å². The van der Waals surface area contributed by atoms with E-state index >= 15 is 0 Å². The summed E-state index contributed by atoms with van der Waals surface area (Å²) < 4.78 is 20.0. The molecule has 1 aromatic carbocycles. The van der Waals surface area contributed by atoms with Crippen molar-refractivity contribution in [1.29, 1.82) is 0 Å². The minimum absolute atomic E-state index is 0.125. The van der Waals surface area contributed by atoms with E-state index in [1.165, 1.54) is 7.05 Å². The molecule has 0 aromatic heterocycles. The number of Topliss-reactive ketones (excluding diaryl/α,β-unsaturated/α-hetero) is 2. The molecule has 7 N–H and O–H groups in total. The Morgan fingerprint density at radius 2 is 1.97 bits per heavy atom. The fraction of sp³-hybridized carbons (Fsp3) is 0.316. The minimum atomic E-state index is -2.92. The highest BCUT2D eigenvalue weighted by molar-refractivity contribution is 6.24. The molecule has 3 aliphatic rings. The molecule has 4 rings (SSSR count). The molecule has 0 saturated carbocycles. The number of rotatable bonds is 2. The van der Waals surface area contributed by atoms with Crippen LogP contribution in [0.2, 0.25) is 0 Å². The molecular weight excluding hydrogens is 403 g/mol. The number of phenolic OH excluding ortho intramolecular Hbond substituents is 1. The topological polar surface area (TPSA) is 179 Å². The number of aliphatic hydroxyl groups excluding tert-OH is 2. The third-order valence-electron chi connectivity index (χ3n) is 5.74. The summed E-state index contributed by atoms with van der Waals surface area (Å²) in [5.41, 5.74) is 0.227. The Labute approximate surface area is 168 Å². The summed E-state index contributed by atoms with van der Waals surface area (Å²) >= 11 is 0. The van der Waals surface area contributed by atoms with Crippen molar-refractivity contribution in [3.63, 3.8) is 0 Å². The summed E-state index contributed by atoms with van der Waals surface area (Å²) in [7, 11) is 1.30. The second-order valence-corrected chi connectivity index (χ2v) is 7.25. The highest BCUT2D eigenvalue weighted by Crippen LogP contribution is 2.47. The van der Waals surface area contributed by atoms with E-state index in [1.807, 2.05) is 0 Å². The summed E-state index contributed by atoms with van der Waals surface area (Å²) in [6.07, 6.45) is -3.29. The SMILES string of the molecule is CN[C@@H]1C(=O)C(C(N)=O)=C(O)[C@@]2(O)C(=O)C3=C(O)c4c(O)ccc(F)c4C[C@H]3O[C@@H]12. The van der Waals surface area contributed by atoms with Crippen LogP contribution in [-0.4, -0.2) is 68.8 Å². The number of hydrogen-bond donors (Lipinski definition) is 6. The number of halogens is 1. The molecule has 158 valence electrons. The van der Waals surface area contributed by atoms with Crippen LogP contribution in [0.4, 0.5) is 4.39 Å². The molecule has 30 heavy (non-hydrogen) atoms. The number of carbonyl (C=O) groups excluding carboxylic acids is 3. The van der Waals surface area contributed by atoms with Crippen LogP contribution in [0, 0.1) is 5.82 Å². The largest absolute Gasteiger partial charge is 0.508 e. The molecule has 0 spiro atoms. The first-order valence-corrected chi connectivity index (χ1v) is 8.87. The van der Waals surface area contributed by atoms with Gasteiger partial charge in [0.15, 0.2) is 11.5 Å². The van der Waals surface area contributed by atoms with E-state index in [1.54, 1.807) is 0 Å². The predicted molar refractivity (Wildman–Crippen MR) is 96.6 cm³/mol. The third-order valence-corrected chi connectivity index (χ3v) is 5.74. The molecule has 1 aromatic rings. The Balaban J connectivity index is 1.98. The summed E-state index contributed by atoms with van der Waals surface area (Å²) in [4.78, 5) is 37.6. The second-order valence-electron chi connectivity index (χ2n) is 7.25. The van der Waals surface area contributed by atoms with Crippen molar-refractivity contribution in [2.24, 2.45) is 5.73 Å². The average molecular weight is 420 g/mol. The van der Waals surface area contributed by atoms with Crippen molar-refractivity contribution >= 4 is 23.2 Å². The van der Waals surface area contributed by atoms with E-state index < -0.39 is 75.6 Å². The van der Waals surface area contributed by atoms with Gasteiger partial charge in [0.05, 0.1) is 17.2 Å². The van der Waals surface area contributed by atoms with E-state index in [2.05, 4.69) is 5.32 Å². The molecule has 1 aliphatic heterocycles. The van der Waals surface area contributed by atoms with Gasteiger partial charge in [-0.3, -0.25) is 14.4 Å². The van der Waals surface area contributed by atoms with Crippen LogP contribution in [0.1, 0.15) is 11.1 Å². The fourth-order valence-electron chi connectivity index (χ4n) is 4.31. The van der Waals surface area contributed by atoms with Crippen molar-refractivity contribution in [2.45, 2.75) is 30.3 Å². The zero-order valence-corrected chi connectivity index (χ0v) is 15.5. The first-order valence-electron chi connectivity index (χ1n) is 8.87. The van der Waals surface area contributed by atoms with Gasteiger partial charge >= 0.3 is 0 Å². The Morgan fingerprint density at radius 1 is 1.30 bits per heavy atom. The maximum absolute atomic E-state index is 14.3. The quantitative estimate of drug-likeness (QED) is 0.324. The molecule has 4 atom stereocenters. The lowest BCUT2D eigenvalue weighted by Crippen LogP contribution is -2.70. The molecule has 0 radical (unpaired) electrons. The van der Waals surface area contributed by atoms with Crippen LogP contribution >= 0.6 is 0 Å². The summed E-state index contributed by atoms with van der Waals surface area (Å²) in [6, 6.07) is 0.508. The number of likely N-dealkylation sites (N-methyl/N-ethyl adjacent to an activating group) is 1. The van der Waals surface area contributed by atoms with Gasteiger partial charge in [-0.05, 0) is 19.2 Å². The number of benzene rings is 1. The fourth-order valence-corrected chi connectivity index (χ4v) is 4.31. The van der Waals surface area contributed by atoms with Gasteiger partial charge in [-0.1, -0.05) is 0 Å². The molecule has 1 heterocycles. The van der Waals surface area contributed by atoms with Gasteiger partial charge in [0, 0.05) is 12.0 Å². The number of nitrogens with one attached hydrogen (secondary N) is 1. The van der Waals surface area contributed by atoms with Crippen LogP contribution in [0.25, 0.3) is 5.76 Å². The summed E-state index contributed by atoms with van der Waals surface area (Å²) in [5, 5.41) is 44.8. The van der Waals surface area contributed by atoms with Crippen LogP contribution in [0.15, 0.2) is 29.0 Å². The molecule has 1 fully saturated rings. The maximum atomic E-state index is 14.3. The molecule has 10 nitrogen and oxygen atoms in total. The van der Waals surface area contributed by atoms with Crippen LogP contribution < -0.4 is 11.1 Å². The molecule has 1 amide bonds. The Morgan fingerprint density at radius 3 is 2.57 bits per heavy atom. The van der Waals surface area contributed by atoms with E-state index in [0.717, 1.165) is 12.1 Å². The van der Waals surface area contributed by atoms with E-state index in [0.29, 0.717) is 0 Å². The summed E-state index contributed by atoms with van der Waals surface area (Å²) in [5.74, 6) is -7.06. The van der Waals surface area contributed by atoms with Crippen LogP contribution in [0.5, 0.6) is 5.75 Å². The number of aliphatic hydroxyl groups is 3. The van der Waals surface area contributed by atoms with Crippen molar-refractivity contribution in [2.75, 3.05) is 7.05 Å². The zero-order valence-electron chi connectivity index (χ0n) is 15.5. The lowest BCUT2D eigenvalue weighted by molar-refractivity contribution is -0.180. The van der Waals surface area contributed by atoms with Gasteiger partial charge in [0.2, 0.25) is 11.4 Å². The number of carbonyl (C=O) groups is 3. The molecule has 1 saturated heterocycles. The minimum Gasteiger partial charge on any atom is -0.508 e. The Bertz CT molecular complexity index is 1090. The van der Waals surface area contributed by atoms with Gasteiger partial charge in [-0.2, -0.15) is 0 Å². The molecule has 11 heteroatoms. The lowest BCUT2D eigenvalue weighted by Gasteiger charge is -2.48. The van der Waals surface area contributed by atoms with Crippen molar-refractivity contribution in [3.8, 4) is 5.75 Å². The number of ether oxygens (including phenoxy) is 1. The number of ketones is 2. The Hall–Kier alpha value is -3.28. The predicted octanol–water partition coefficient (Wildman–Crippen LogP) is -1.11. The van der Waals surface area contributed by atoms with Gasteiger partial charge in [0.1, 0.15) is 35.0 Å². The number of amides is 1. The van der Waals surface area contributed by atoms with Gasteiger partial charge in [-0.25, -0.2) is 4.39 Å². The number of primary amides is 1. The number of fused-ring (bicyclic) bond motifs is 3. The molecule has 0 bridgehead atoms. The van der Waals surface area contributed by atoms with Gasteiger partial charge < -0.3 is 36.2 Å². The first kappa shape index (κ1) is 20.0. The first-order chi connectivity index (χ1) is 14.0. The van der Waals surface area contributed by atoms with E-state index in [-0.39, 0.29) is 17.5 Å². The standard InChI is InChI=1S/C19H17FN2O8/c1-22-12-14(25)11(18(21)28)16(27)19(29)15(26)10-8(30-17(12)19)4-5-6(20)2-3-7(23)9(5)13(10)24/h2-3,8,12,17,22-24,27,29H,4H2,1H3,(H2,21,28)/t8-,12-,17+,19+/m1/s1. The highest BCUT2D eigenvalue weighted by atomic mass is 19.1. The number of phenols is 1. The van der Waals surface area contributed by atoms with Crippen molar-refractivity contribution in [3.05, 3.63) is 46.0 Å². The number of hydrogen-bond acceptors (Lipinski definition) is 9. The van der Waals surface area contributed by atoms with Gasteiger partial charge in [0.25, 0.3) is 5.91 Å². The molecule has 0 unspecified atom stereocenters. The Kier molecular flexibility index (Phi) is 4.24. The highest BCUT2D eigenvalue weighted by Gasteiger charge is 2.64. The lowest BCUT2D eigenvalue weighted by atomic mass is 9.69. The smallest absolute Gasteiger partial charge is 0.255 e. The number of nitrogens with two attached hydrogens (primary N) is 1. The summed E-state index contributed by atoms with van der Waals surface area (Å²) in [6.45, 7) is 0. The monoisotopic (exact) mass is 420 g/mol. The maximum Gasteiger partial charge on any atom is 0.255 e. The van der Waals surface area contributed by atoms with E-state index in [4.69, 9.17) is 10.5 Å². The van der Waals surface area contributed by atoms with E-state index in [9.17, 15) is 39.2 Å². The zero-order chi connectivity index (χ0) is 22.1. The van der Waals surface area contributed by atoms with Crippen LogP contribution in [0.3, 0.4) is 0 Å². The number of aromatic hydroxyl groups is 1. The third kappa shape index (κ3) is 2.30. The molecular formula is C19H17FN2O8. The second kappa shape index (κ2) is 6.36.